The maximum atomic E-state index is 13.5. The van der Waals surface area contributed by atoms with Crippen LogP contribution in [0.3, 0.4) is 0 Å². The van der Waals surface area contributed by atoms with Crippen molar-refractivity contribution >= 4 is 22.3 Å². The van der Waals surface area contributed by atoms with Crippen LogP contribution >= 0.6 is 0 Å². The number of carbonyl (C=O) groups excluding carboxylic acids is 1. The topological polar surface area (TPSA) is 121 Å². The van der Waals surface area contributed by atoms with Crippen LogP contribution in [0.2, 0.25) is 0 Å². The van der Waals surface area contributed by atoms with E-state index in [4.69, 9.17) is 14.0 Å². The molecule has 5 heterocycles. The molecule has 0 spiro atoms. The Bertz CT molecular complexity index is 1630. The number of benzene rings is 1. The van der Waals surface area contributed by atoms with E-state index in [1.807, 2.05) is 24.3 Å². The van der Waals surface area contributed by atoms with Crippen LogP contribution in [0.5, 0.6) is 5.88 Å². The van der Waals surface area contributed by atoms with Gasteiger partial charge in [0, 0.05) is 43.1 Å². The van der Waals surface area contributed by atoms with Gasteiger partial charge in [0.2, 0.25) is 11.7 Å². The lowest BCUT2D eigenvalue weighted by atomic mass is 10.2. The number of rotatable bonds is 7. The van der Waals surface area contributed by atoms with Crippen molar-refractivity contribution in [3.63, 3.8) is 0 Å². The third kappa shape index (κ3) is 4.41. The third-order valence-electron chi connectivity index (χ3n) is 6.19. The molecule has 0 N–H and O–H groups in total. The number of aromatic nitrogens is 6. The van der Waals surface area contributed by atoms with E-state index in [9.17, 15) is 13.6 Å². The van der Waals surface area contributed by atoms with Gasteiger partial charge in [-0.15, -0.1) is 15.3 Å². The predicted molar refractivity (Wildman–Crippen MR) is 129 cm³/mol. The second-order valence-corrected chi connectivity index (χ2v) is 8.88. The molecule has 0 radical (unpaired) electrons. The van der Waals surface area contributed by atoms with Gasteiger partial charge in [0.15, 0.2) is 17.1 Å². The van der Waals surface area contributed by atoms with Crippen molar-refractivity contribution in [2.24, 2.45) is 0 Å². The molecule has 1 saturated heterocycles. The predicted octanol–water partition coefficient (Wildman–Crippen LogP) is 3.53. The molecule has 0 bridgehead atoms. The zero-order valence-electron chi connectivity index (χ0n) is 20.2. The quantitative estimate of drug-likeness (QED) is 0.317. The highest BCUT2D eigenvalue weighted by Crippen LogP contribution is 2.30. The number of ether oxygens (including phenoxy) is 2. The minimum absolute atomic E-state index is 0.0189. The van der Waals surface area contributed by atoms with Gasteiger partial charge in [0.25, 0.3) is 11.8 Å². The number of amides is 1. The summed E-state index contributed by atoms with van der Waals surface area (Å²) in [4.78, 5) is 18.0. The Hall–Kier alpha value is -4.52. The molecule has 0 aliphatic carbocycles. The van der Waals surface area contributed by atoms with E-state index in [1.54, 1.807) is 25.3 Å². The second-order valence-electron chi connectivity index (χ2n) is 8.88. The number of methoxy groups -OCH3 is 1. The monoisotopic (exact) mass is 521 g/mol. The summed E-state index contributed by atoms with van der Waals surface area (Å²) in [6.07, 6.45) is 1.04. The van der Waals surface area contributed by atoms with Gasteiger partial charge in [-0.1, -0.05) is 23.4 Å². The van der Waals surface area contributed by atoms with Crippen LogP contribution in [0.25, 0.3) is 27.9 Å². The van der Waals surface area contributed by atoms with Crippen molar-refractivity contribution in [2.45, 2.75) is 25.6 Å². The molecule has 1 aromatic carbocycles. The molecule has 13 heteroatoms. The van der Waals surface area contributed by atoms with Crippen LogP contribution in [-0.2, 0) is 18.0 Å². The van der Waals surface area contributed by atoms with Gasteiger partial charge in [0.1, 0.15) is 13.2 Å². The SMILES string of the molecule is COCc1cc(-c2nnc3c4ccccc4c(OCc4ccc(C(=O)N5CCC(F)(F)C5)cn4)nn23)no1. The largest absolute Gasteiger partial charge is 0.470 e. The molecule has 6 rings (SSSR count). The minimum atomic E-state index is -2.85. The van der Waals surface area contributed by atoms with Crippen LogP contribution in [0.15, 0.2) is 53.2 Å². The Kier molecular flexibility index (Phi) is 5.91. The fourth-order valence-corrected chi connectivity index (χ4v) is 4.32. The highest BCUT2D eigenvalue weighted by atomic mass is 19.3. The third-order valence-corrected chi connectivity index (χ3v) is 6.19. The summed E-state index contributed by atoms with van der Waals surface area (Å²) in [6.45, 7) is -0.245. The number of halogens is 2. The molecule has 194 valence electrons. The van der Waals surface area contributed by atoms with E-state index in [0.717, 1.165) is 15.7 Å². The van der Waals surface area contributed by atoms with Crippen LogP contribution in [0.1, 0.15) is 28.2 Å². The first kappa shape index (κ1) is 23.9. The van der Waals surface area contributed by atoms with Crippen molar-refractivity contribution in [1.82, 2.24) is 34.9 Å². The highest BCUT2D eigenvalue weighted by molar-refractivity contribution is 5.97. The number of likely N-dealkylation sites (tertiary alicyclic amines) is 1. The van der Waals surface area contributed by atoms with E-state index in [-0.39, 0.29) is 31.7 Å². The summed E-state index contributed by atoms with van der Waals surface area (Å²) >= 11 is 0. The van der Waals surface area contributed by atoms with Gasteiger partial charge >= 0.3 is 0 Å². The van der Waals surface area contributed by atoms with Gasteiger partial charge < -0.3 is 18.9 Å². The summed E-state index contributed by atoms with van der Waals surface area (Å²) in [5, 5.41) is 18.7. The van der Waals surface area contributed by atoms with Crippen molar-refractivity contribution in [1.29, 1.82) is 0 Å². The summed E-state index contributed by atoms with van der Waals surface area (Å²) in [5.74, 6) is -2.10. The number of fused-ring (bicyclic) bond motifs is 3. The number of alkyl halides is 2. The van der Waals surface area contributed by atoms with E-state index in [0.29, 0.717) is 34.5 Å². The van der Waals surface area contributed by atoms with E-state index in [2.05, 4.69) is 25.4 Å². The van der Waals surface area contributed by atoms with Crippen molar-refractivity contribution in [3.8, 4) is 17.4 Å². The Balaban J connectivity index is 1.26. The summed E-state index contributed by atoms with van der Waals surface area (Å²) in [7, 11) is 1.56. The van der Waals surface area contributed by atoms with Crippen molar-refractivity contribution < 1.29 is 27.6 Å². The number of pyridine rings is 1. The number of hydrogen-bond acceptors (Lipinski definition) is 9. The van der Waals surface area contributed by atoms with E-state index >= 15 is 0 Å². The Morgan fingerprint density at radius 3 is 2.71 bits per heavy atom. The Morgan fingerprint density at radius 1 is 1.13 bits per heavy atom. The molecule has 4 aromatic heterocycles. The number of carbonyl (C=O) groups is 1. The Morgan fingerprint density at radius 2 is 1.97 bits per heavy atom. The summed E-state index contributed by atoms with van der Waals surface area (Å²) < 4.78 is 44.9. The zero-order valence-corrected chi connectivity index (χ0v) is 20.2. The fraction of sp³-hybridized carbons (Fsp3) is 0.280. The van der Waals surface area contributed by atoms with E-state index in [1.165, 1.54) is 10.7 Å². The second kappa shape index (κ2) is 9.41. The molecule has 38 heavy (non-hydrogen) atoms. The molecule has 5 aromatic rings. The molecule has 11 nitrogen and oxygen atoms in total. The van der Waals surface area contributed by atoms with Gasteiger partial charge in [-0.3, -0.25) is 9.78 Å². The van der Waals surface area contributed by atoms with Gasteiger partial charge in [-0.25, -0.2) is 8.78 Å². The number of hydrogen-bond donors (Lipinski definition) is 0. The average molecular weight is 521 g/mol. The lowest BCUT2D eigenvalue weighted by Gasteiger charge is -2.16. The minimum Gasteiger partial charge on any atom is -0.470 e. The van der Waals surface area contributed by atoms with Crippen LogP contribution in [0.4, 0.5) is 8.78 Å². The molecular weight excluding hydrogens is 500 g/mol. The first-order valence-electron chi connectivity index (χ1n) is 11.8. The van der Waals surface area contributed by atoms with Gasteiger partial charge in [-0.05, 0) is 18.2 Å². The van der Waals surface area contributed by atoms with Crippen LogP contribution in [-0.4, -0.2) is 66.9 Å². The van der Waals surface area contributed by atoms with Crippen LogP contribution in [0, 0.1) is 0 Å². The van der Waals surface area contributed by atoms with Crippen molar-refractivity contribution in [2.75, 3.05) is 20.2 Å². The molecule has 1 amide bonds. The normalized spacial score (nSPS) is 15.0. The summed E-state index contributed by atoms with van der Waals surface area (Å²) in [5.41, 5.74) is 1.73. The maximum Gasteiger partial charge on any atom is 0.267 e. The molecule has 0 saturated carbocycles. The van der Waals surface area contributed by atoms with Gasteiger partial charge in [0.05, 0.1) is 17.8 Å². The standard InChI is InChI=1S/C25H21F2N7O4/c1-36-13-17-10-20(32-38-17)22-30-29-21-18-4-2-3-5-19(18)23(31-34(21)22)37-12-16-7-6-15(11-28-16)24(35)33-9-8-25(26,27)14-33/h2-7,10-11H,8-9,12-14H2,1H3. The molecule has 0 unspecified atom stereocenters. The zero-order chi connectivity index (χ0) is 26.3. The lowest BCUT2D eigenvalue weighted by molar-refractivity contribution is 0.0120. The number of nitrogens with zero attached hydrogens (tertiary/aromatic N) is 7. The fourth-order valence-electron chi connectivity index (χ4n) is 4.32. The highest BCUT2D eigenvalue weighted by Gasteiger charge is 2.40. The summed E-state index contributed by atoms with van der Waals surface area (Å²) in [6, 6.07) is 12.4. The molecule has 1 fully saturated rings. The van der Waals surface area contributed by atoms with Gasteiger partial charge in [-0.2, -0.15) is 4.52 Å². The van der Waals surface area contributed by atoms with Crippen LogP contribution < -0.4 is 4.74 Å². The Labute approximate surface area is 214 Å². The smallest absolute Gasteiger partial charge is 0.267 e. The first-order valence-corrected chi connectivity index (χ1v) is 11.8. The molecule has 1 aliphatic rings. The average Bonchev–Trinajstić information content (AvgIpc) is 3.65. The molecule has 0 atom stereocenters. The molecular formula is C25H21F2N7O4. The maximum absolute atomic E-state index is 13.5. The molecule has 1 aliphatic heterocycles. The lowest BCUT2D eigenvalue weighted by Crippen LogP contribution is -2.31. The van der Waals surface area contributed by atoms with Crippen molar-refractivity contribution in [3.05, 3.63) is 65.7 Å². The van der Waals surface area contributed by atoms with E-state index < -0.39 is 18.4 Å². The first-order chi connectivity index (χ1) is 18.4.